The van der Waals surface area contributed by atoms with E-state index in [-0.39, 0.29) is 5.41 Å². The highest BCUT2D eigenvalue weighted by molar-refractivity contribution is 5.49. The van der Waals surface area contributed by atoms with E-state index in [1.54, 1.807) is 0 Å². The van der Waals surface area contributed by atoms with Crippen LogP contribution >= 0.6 is 0 Å². The molecule has 0 heterocycles. The van der Waals surface area contributed by atoms with E-state index in [9.17, 15) is 4.79 Å². The highest BCUT2D eigenvalue weighted by Crippen LogP contribution is 2.29. The van der Waals surface area contributed by atoms with Crippen molar-refractivity contribution in [2.75, 3.05) is 0 Å². The van der Waals surface area contributed by atoms with Gasteiger partial charge in [0.25, 0.3) is 0 Å². The molecule has 0 aliphatic rings. The Hall–Kier alpha value is -0.590. The number of hydrogen-bond acceptors (Lipinski definition) is 1. The first-order valence-corrected chi connectivity index (χ1v) is 3.60. The fourth-order valence-electron chi connectivity index (χ4n) is 0.633. The van der Waals surface area contributed by atoms with Gasteiger partial charge in [0.2, 0.25) is 0 Å². The highest BCUT2D eigenvalue weighted by Gasteiger charge is 2.17. The van der Waals surface area contributed by atoms with E-state index in [4.69, 9.17) is 0 Å². The molecule has 0 atom stereocenters. The molecule has 0 aliphatic carbocycles. The minimum Gasteiger partial charge on any atom is -0.303 e. The van der Waals surface area contributed by atoms with Gasteiger partial charge in [0.1, 0.15) is 6.29 Å². The van der Waals surface area contributed by atoms with Crippen molar-refractivity contribution in [3.8, 4) is 0 Å². The molecule has 10 heavy (non-hydrogen) atoms. The Morgan fingerprint density at radius 2 is 2.10 bits per heavy atom. The molecular formula is C9H16O. The number of allylic oxidation sites excluding steroid dienone is 1. The van der Waals surface area contributed by atoms with Crippen LogP contribution < -0.4 is 0 Å². The molecule has 0 aromatic rings. The fraction of sp³-hybridized carbons (Fsp3) is 0.667. The standard InChI is InChI=1S/C9H16O/c1-8(2)9(3,4)6-5-7-10/h7H,1,5-6H2,2-4H3. The van der Waals surface area contributed by atoms with Gasteiger partial charge in [-0.15, -0.1) is 0 Å². The first-order chi connectivity index (χ1) is 4.50. The van der Waals surface area contributed by atoms with Crippen LogP contribution in [0.3, 0.4) is 0 Å². The van der Waals surface area contributed by atoms with Crippen LogP contribution in [-0.2, 0) is 4.79 Å². The van der Waals surface area contributed by atoms with Crippen LogP contribution in [-0.4, -0.2) is 6.29 Å². The molecule has 0 aromatic heterocycles. The minimum absolute atomic E-state index is 0.126. The Morgan fingerprint density at radius 3 is 2.40 bits per heavy atom. The molecule has 0 saturated carbocycles. The molecule has 0 bridgehead atoms. The molecule has 0 spiro atoms. The van der Waals surface area contributed by atoms with E-state index in [1.165, 1.54) is 0 Å². The van der Waals surface area contributed by atoms with Gasteiger partial charge in [-0.2, -0.15) is 0 Å². The van der Waals surface area contributed by atoms with E-state index >= 15 is 0 Å². The smallest absolute Gasteiger partial charge is 0.120 e. The van der Waals surface area contributed by atoms with Crippen LogP contribution in [0.25, 0.3) is 0 Å². The maximum Gasteiger partial charge on any atom is 0.120 e. The lowest BCUT2D eigenvalue weighted by Gasteiger charge is -2.23. The minimum atomic E-state index is 0.126. The third kappa shape index (κ3) is 2.81. The number of rotatable bonds is 4. The van der Waals surface area contributed by atoms with Gasteiger partial charge in [0.15, 0.2) is 0 Å². The van der Waals surface area contributed by atoms with Gasteiger partial charge in [-0.3, -0.25) is 0 Å². The van der Waals surface area contributed by atoms with Crippen molar-refractivity contribution < 1.29 is 4.79 Å². The van der Waals surface area contributed by atoms with Crippen molar-refractivity contribution >= 4 is 6.29 Å². The molecule has 0 saturated heterocycles. The Kier molecular flexibility index (Phi) is 3.34. The lowest BCUT2D eigenvalue weighted by Crippen LogP contribution is -2.11. The van der Waals surface area contributed by atoms with E-state index in [2.05, 4.69) is 20.4 Å². The van der Waals surface area contributed by atoms with Crippen molar-refractivity contribution in [1.29, 1.82) is 0 Å². The highest BCUT2D eigenvalue weighted by atomic mass is 16.1. The predicted octanol–water partition coefficient (Wildman–Crippen LogP) is 2.57. The number of hydrogen-bond donors (Lipinski definition) is 0. The third-order valence-corrected chi connectivity index (χ3v) is 2.04. The zero-order valence-corrected chi connectivity index (χ0v) is 7.11. The molecule has 1 heteroatoms. The van der Waals surface area contributed by atoms with E-state index in [1.807, 2.05) is 6.92 Å². The van der Waals surface area contributed by atoms with Crippen LogP contribution in [0.4, 0.5) is 0 Å². The third-order valence-electron chi connectivity index (χ3n) is 2.04. The summed E-state index contributed by atoms with van der Waals surface area (Å²) in [6.07, 6.45) is 2.51. The average Bonchev–Trinajstić information content (AvgIpc) is 1.84. The number of carbonyl (C=O) groups is 1. The summed E-state index contributed by atoms with van der Waals surface area (Å²) in [5, 5.41) is 0. The molecule has 0 amide bonds. The summed E-state index contributed by atoms with van der Waals surface area (Å²) in [7, 11) is 0. The molecule has 0 unspecified atom stereocenters. The summed E-state index contributed by atoms with van der Waals surface area (Å²) in [5.41, 5.74) is 1.27. The van der Waals surface area contributed by atoms with Crippen LogP contribution in [0.2, 0.25) is 0 Å². The monoisotopic (exact) mass is 140 g/mol. The molecule has 0 rings (SSSR count). The van der Waals surface area contributed by atoms with Crippen molar-refractivity contribution in [3.05, 3.63) is 12.2 Å². The molecule has 0 fully saturated rings. The Morgan fingerprint density at radius 1 is 1.60 bits per heavy atom. The van der Waals surface area contributed by atoms with Gasteiger partial charge in [0.05, 0.1) is 0 Å². The summed E-state index contributed by atoms with van der Waals surface area (Å²) in [6, 6.07) is 0. The topological polar surface area (TPSA) is 17.1 Å². The van der Waals surface area contributed by atoms with Crippen LogP contribution in [0, 0.1) is 5.41 Å². The summed E-state index contributed by atoms with van der Waals surface area (Å²) in [4.78, 5) is 10.0. The van der Waals surface area contributed by atoms with E-state index in [0.29, 0.717) is 6.42 Å². The van der Waals surface area contributed by atoms with Crippen molar-refractivity contribution in [2.24, 2.45) is 5.41 Å². The molecule has 0 N–H and O–H groups in total. The van der Waals surface area contributed by atoms with Crippen LogP contribution in [0.15, 0.2) is 12.2 Å². The van der Waals surface area contributed by atoms with E-state index < -0.39 is 0 Å². The molecular weight excluding hydrogens is 124 g/mol. The van der Waals surface area contributed by atoms with Crippen LogP contribution in [0.1, 0.15) is 33.6 Å². The first kappa shape index (κ1) is 9.41. The van der Waals surface area contributed by atoms with E-state index in [0.717, 1.165) is 18.3 Å². The average molecular weight is 140 g/mol. The predicted molar refractivity (Wildman–Crippen MR) is 43.9 cm³/mol. The fourth-order valence-corrected chi connectivity index (χ4v) is 0.633. The molecule has 58 valence electrons. The number of carbonyl (C=O) groups excluding carboxylic acids is 1. The Balaban J connectivity index is 3.86. The molecule has 0 radical (unpaired) electrons. The van der Waals surface area contributed by atoms with Gasteiger partial charge < -0.3 is 4.79 Å². The maximum atomic E-state index is 10.0. The zero-order valence-electron chi connectivity index (χ0n) is 7.11. The maximum absolute atomic E-state index is 10.0. The Bertz CT molecular complexity index is 134. The van der Waals surface area contributed by atoms with Gasteiger partial charge in [0, 0.05) is 6.42 Å². The van der Waals surface area contributed by atoms with Gasteiger partial charge in [-0.25, -0.2) is 0 Å². The summed E-state index contributed by atoms with van der Waals surface area (Å²) < 4.78 is 0. The van der Waals surface area contributed by atoms with Crippen LogP contribution in [0.5, 0.6) is 0 Å². The Labute approximate surface area is 63.1 Å². The van der Waals surface area contributed by atoms with Crippen molar-refractivity contribution in [3.63, 3.8) is 0 Å². The molecule has 0 aliphatic heterocycles. The van der Waals surface area contributed by atoms with Gasteiger partial charge in [-0.05, 0) is 18.8 Å². The van der Waals surface area contributed by atoms with Gasteiger partial charge in [-0.1, -0.05) is 26.0 Å². The largest absolute Gasteiger partial charge is 0.303 e. The normalized spacial score (nSPS) is 11.1. The lowest BCUT2D eigenvalue weighted by atomic mass is 9.82. The first-order valence-electron chi connectivity index (χ1n) is 3.60. The molecule has 1 nitrogen and oxygen atoms in total. The van der Waals surface area contributed by atoms with Gasteiger partial charge >= 0.3 is 0 Å². The van der Waals surface area contributed by atoms with Crippen molar-refractivity contribution in [2.45, 2.75) is 33.6 Å². The summed E-state index contributed by atoms with van der Waals surface area (Å²) in [6.45, 7) is 10.1. The SMILES string of the molecule is C=C(C)C(C)(C)CCC=O. The summed E-state index contributed by atoms with van der Waals surface area (Å²) >= 11 is 0. The second kappa shape index (κ2) is 3.55. The zero-order chi connectivity index (χ0) is 8.20. The molecule has 0 aromatic carbocycles. The van der Waals surface area contributed by atoms with Crippen molar-refractivity contribution in [1.82, 2.24) is 0 Å². The second-order valence-corrected chi connectivity index (χ2v) is 3.37. The quantitative estimate of drug-likeness (QED) is 0.433. The number of aldehydes is 1. The summed E-state index contributed by atoms with van der Waals surface area (Å²) in [5.74, 6) is 0. The lowest BCUT2D eigenvalue weighted by molar-refractivity contribution is -0.108. The second-order valence-electron chi connectivity index (χ2n) is 3.37.